The molecule has 222 valence electrons. The Labute approximate surface area is 249 Å². The molecular formula is C29H28FN7O5S. The molecular weight excluding hydrogens is 577 g/mol. The largest absolute Gasteiger partial charge is 0.484 e. The fraction of sp³-hybridized carbons (Fsp3) is 0.276. The van der Waals surface area contributed by atoms with Crippen LogP contribution >= 0.6 is 11.3 Å². The predicted octanol–water partition coefficient (Wildman–Crippen LogP) is 4.58. The zero-order valence-electron chi connectivity index (χ0n) is 23.7. The van der Waals surface area contributed by atoms with Crippen molar-refractivity contribution in [2.75, 3.05) is 18.5 Å². The number of fused-ring (bicyclic) bond motifs is 2. The van der Waals surface area contributed by atoms with E-state index in [2.05, 4.69) is 35.6 Å². The summed E-state index contributed by atoms with van der Waals surface area (Å²) in [6.45, 7) is 6.85. The summed E-state index contributed by atoms with van der Waals surface area (Å²) < 4.78 is 27.0. The number of halogens is 1. The first kappa shape index (κ1) is 29.7. The van der Waals surface area contributed by atoms with Gasteiger partial charge in [0.05, 0.1) is 52.1 Å². The van der Waals surface area contributed by atoms with E-state index in [-0.39, 0.29) is 24.6 Å². The number of ether oxygens (including phenoxy) is 2. The number of aliphatic hydroxyl groups is 1. The van der Waals surface area contributed by atoms with Gasteiger partial charge in [-0.25, -0.2) is 29.1 Å². The molecule has 14 heteroatoms. The lowest BCUT2D eigenvalue weighted by Gasteiger charge is -2.22. The number of aryl methyl sites for hydroxylation is 2. The molecule has 0 fully saturated rings. The zero-order valence-corrected chi connectivity index (χ0v) is 24.5. The molecule has 0 unspecified atom stereocenters. The highest BCUT2D eigenvalue weighted by molar-refractivity contribution is 7.21. The first-order chi connectivity index (χ1) is 20.6. The van der Waals surface area contributed by atoms with Crippen molar-refractivity contribution in [2.24, 2.45) is 0 Å². The van der Waals surface area contributed by atoms with Crippen LogP contribution in [0.15, 0.2) is 42.9 Å². The third-order valence-electron chi connectivity index (χ3n) is 6.39. The van der Waals surface area contributed by atoms with Gasteiger partial charge in [-0.1, -0.05) is 0 Å². The molecule has 2 aromatic carbocycles. The van der Waals surface area contributed by atoms with E-state index in [1.165, 1.54) is 36.0 Å². The molecule has 0 bridgehead atoms. The molecule has 43 heavy (non-hydrogen) atoms. The van der Waals surface area contributed by atoms with Crippen molar-refractivity contribution < 1.29 is 28.6 Å². The van der Waals surface area contributed by atoms with Crippen LogP contribution in [0.25, 0.3) is 31.8 Å². The van der Waals surface area contributed by atoms with Crippen LogP contribution in [0.3, 0.4) is 0 Å². The van der Waals surface area contributed by atoms with Crippen LogP contribution < -0.4 is 15.4 Å². The molecule has 0 saturated heterocycles. The number of hydrogen-bond donors (Lipinski definition) is 3. The summed E-state index contributed by atoms with van der Waals surface area (Å²) in [4.78, 5) is 46.2. The van der Waals surface area contributed by atoms with Crippen molar-refractivity contribution in [3.05, 3.63) is 65.8 Å². The van der Waals surface area contributed by atoms with E-state index in [0.29, 0.717) is 43.3 Å². The monoisotopic (exact) mass is 605 g/mol. The maximum atomic E-state index is 15.1. The molecule has 0 aliphatic rings. The lowest BCUT2D eigenvalue weighted by Crippen LogP contribution is -2.32. The zero-order chi connectivity index (χ0) is 30.7. The highest BCUT2D eigenvalue weighted by Gasteiger charge is 2.22. The molecule has 0 spiro atoms. The summed E-state index contributed by atoms with van der Waals surface area (Å²) in [5.74, 6) is -0.495. The minimum absolute atomic E-state index is 0.00887. The van der Waals surface area contributed by atoms with Gasteiger partial charge in [-0.3, -0.25) is 15.1 Å². The second-order valence-corrected chi connectivity index (χ2v) is 10.8. The number of carbonyl (C=O) groups is 2. The van der Waals surface area contributed by atoms with Gasteiger partial charge in [0, 0.05) is 24.2 Å². The second kappa shape index (κ2) is 12.6. The lowest BCUT2D eigenvalue weighted by molar-refractivity contribution is 0.0402. The highest BCUT2D eigenvalue weighted by Crippen LogP contribution is 2.37. The summed E-state index contributed by atoms with van der Waals surface area (Å²) in [5, 5.41) is 14.7. The minimum atomic E-state index is -0.718. The molecule has 2 amide bonds. The number of anilines is 1. The Morgan fingerprint density at radius 1 is 1.00 bits per heavy atom. The van der Waals surface area contributed by atoms with Crippen molar-refractivity contribution in [1.29, 1.82) is 0 Å². The third kappa shape index (κ3) is 6.81. The fourth-order valence-corrected chi connectivity index (χ4v) is 5.09. The predicted molar refractivity (Wildman–Crippen MR) is 159 cm³/mol. The van der Waals surface area contributed by atoms with E-state index >= 15 is 4.39 Å². The topological polar surface area (TPSA) is 161 Å². The Kier molecular flexibility index (Phi) is 8.68. The van der Waals surface area contributed by atoms with E-state index in [0.717, 1.165) is 5.56 Å². The Balaban J connectivity index is 1.34. The molecule has 0 radical (unpaired) electrons. The van der Waals surface area contributed by atoms with E-state index in [1.54, 1.807) is 26.8 Å². The summed E-state index contributed by atoms with van der Waals surface area (Å²) in [7, 11) is 0. The summed E-state index contributed by atoms with van der Waals surface area (Å²) in [6, 6.07) is 6.57. The summed E-state index contributed by atoms with van der Waals surface area (Å²) in [5.41, 5.74) is 3.54. The van der Waals surface area contributed by atoms with Crippen LogP contribution in [-0.4, -0.2) is 67.4 Å². The van der Waals surface area contributed by atoms with Crippen LogP contribution in [0.5, 0.6) is 5.75 Å². The van der Waals surface area contributed by atoms with Gasteiger partial charge in [-0.2, -0.15) is 0 Å². The number of benzene rings is 2. The van der Waals surface area contributed by atoms with E-state index < -0.39 is 30.0 Å². The molecule has 0 aliphatic carbocycles. The SMILES string of the molecule is Cc1cc(-c2nc3cc(F)c(O[C@@H](C)[C@@H](C)OC(=O)Nc4cnc(C)nc4)cc3s2)c2ncc(C(=O)NCCO)nc2c1. The van der Waals surface area contributed by atoms with Crippen molar-refractivity contribution in [1.82, 2.24) is 30.2 Å². The van der Waals surface area contributed by atoms with Gasteiger partial charge < -0.3 is 19.9 Å². The van der Waals surface area contributed by atoms with E-state index in [4.69, 9.17) is 14.6 Å². The molecule has 2 atom stereocenters. The average molecular weight is 606 g/mol. The van der Waals surface area contributed by atoms with Gasteiger partial charge in [0.15, 0.2) is 11.6 Å². The summed E-state index contributed by atoms with van der Waals surface area (Å²) in [6.07, 6.45) is 2.18. The van der Waals surface area contributed by atoms with Crippen LogP contribution in [0.2, 0.25) is 0 Å². The van der Waals surface area contributed by atoms with E-state index in [9.17, 15) is 9.59 Å². The number of hydrogen-bond acceptors (Lipinski definition) is 11. The molecule has 0 aliphatic heterocycles. The first-order valence-electron chi connectivity index (χ1n) is 13.3. The number of nitrogens with one attached hydrogen (secondary N) is 2. The van der Waals surface area contributed by atoms with Crippen molar-refractivity contribution in [2.45, 2.75) is 39.9 Å². The smallest absolute Gasteiger partial charge is 0.412 e. The minimum Gasteiger partial charge on any atom is -0.484 e. The van der Waals surface area contributed by atoms with Gasteiger partial charge in [0.2, 0.25) is 0 Å². The molecule has 3 aromatic heterocycles. The number of aromatic nitrogens is 5. The lowest BCUT2D eigenvalue weighted by atomic mass is 10.1. The van der Waals surface area contributed by atoms with Crippen molar-refractivity contribution in [3.8, 4) is 16.3 Å². The fourth-order valence-electron chi connectivity index (χ4n) is 4.10. The Bertz CT molecular complexity index is 1820. The number of aliphatic hydroxyl groups excluding tert-OH is 1. The van der Waals surface area contributed by atoms with Crippen molar-refractivity contribution >= 4 is 50.3 Å². The number of rotatable bonds is 9. The first-order valence-corrected chi connectivity index (χ1v) is 14.1. The van der Waals surface area contributed by atoms with Gasteiger partial charge in [0.1, 0.15) is 28.7 Å². The molecule has 5 aromatic rings. The third-order valence-corrected chi connectivity index (χ3v) is 7.44. The van der Waals surface area contributed by atoms with Gasteiger partial charge >= 0.3 is 6.09 Å². The van der Waals surface area contributed by atoms with Crippen molar-refractivity contribution in [3.63, 3.8) is 0 Å². The van der Waals surface area contributed by atoms with E-state index in [1.807, 2.05) is 19.1 Å². The molecule has 3 heterocycles. The molecule has 3 N–H and O–H groups in total. The number of thiazole rings is 1. The number of nitrogens with zero attached hydrogens (tertiary/aromatic N) is 5. The Hall–Kier alpha value is -4.82. The normalized spacial score (nSPS) is 12.6. The van der Waals surface area contributed by atoms with Gasteiger partial charge in [0.25, 0.3) is 5.91 Å². The van der Waals surface area contributed by atoms with Gasteiger partial charge in [-0.05, 0) is 45.4 Å². The number of carbonyl (C=O) groups excluding carboxylic acids is 2. The maximum Gasteiger partial charge on any atom is 0.412 e. The van der Waals surface area contributed by atoms with Gasteiger partial charge in [-0.15, -0.1) is 11.3 Å². The average Bonchev–Trinajstić information content (AvgIpc) is 3.38. The maximum absolute atomic E-state index is 15.1. The Morgan fingerprint density at radius 2 is 1.77 bits per heavy atom. The van der Waals surface area contributed by atoms with Crippen LogP contribution in [-0.2, 0) is 4.74 Å². The molecule has 12 nitrogen and oxygen atoms in total. The standard InChI is InChI=1S/C29H28FN7O5S/c1-14-7-19(26-22(8-14)36-23(13-34-26)27(39)31-5-6-38)28-37-21-9-20(30)24(10-25(21)43-28)41-15(2)16(3)42-29(40)35-18-11-32-17(4)33-12-18/h7-13,15-16,38H,5-6H2,1-4H3,(H,31,39)(H,35,40)/t15-,16+/m0/s1. The van der Waals surface area contributed by atoms with Crippen LogP contribution in [0, 0.1) is 19.7 Å². The Morgan fingerprint density at radius 3 is 2.51 bits per heavy atom. The van der Waals surface area contributed by atoms with Crippen LogP contribution in [0.4, 0.5) is 14.9 Å². The highest BCUT2D eigenvalue weighted by atomic mass is 32.1. The number of amides is 2. The quantitative estimate of drug-likeness (QED) is 0.217. The molecule has 5 rings (SSSR count). The molecule has 0 saturated carbocycles. The summed E-state index contributed by atoms with van der Waals surface area (Å²) >= 11 is 1.33. The second-order valence-electron chi connectivity index (χ2n) is 9.76. The van der Waals surface area contributed by atoms with Crippen LogP contribution in [0.1, 0.15) is 35.7 Å².